The Morgan fingerprint density at radius 1 is 1.21 bits per heavy atom. The molecule has 8 nitrogen and oxygen atoms in total. The van der Waals surface area contributed by atoms with E-state index in [1.54, 1.807) is 25.4 Å². The normalized spacial score (nSPS) is 12.5. The lowest BCUT2D eigenvalue weighted by atomic mass is 10.0. The summed E-state index contributed by atoms with van der Waals surface area (Å²) in [4.78, 5) is 34.7. The summed E-state index contributed by atoms with van der Waals surface area (Å²) in [6.07, 6.45) is 1.76. The molecule has 2 aromatic heterocycles. The standard InChI is InChI=1S/C23H29ClN6O2S/c1-12-10-14(13(2)25-16-8-9-17(24)26-19(16)20(31)29-33-7)18-15(11-12)21(32)30(6)22(27-18)28-23(3,4)5/h8-11,13,25H,1-7H3,(H,27,28)(H,29,31). The van der Waals surface area contributed by atoms with E-state index in [4.69, 9.17) is 16.6 Å². The van der Waals surface area contributed by atoms with Gasteiger partial charge in [-0.3, -0.25) is 18.9 Å². The minimum atomic E-state index is -0.350. The lowest BCUT2D eigenvalue weighted by Gasteiger charge is -2.24. The summed E-state index contributed by atoms with van der Waals surface area (Å²) in [6, 6.07) is 6.91. The van der Waals surface area contributed by atoms with Crippen molar-refractivity contribution in [1.29, 1.82) is 0 Å². The molecule has 10 heteroatoms. The maximum atomic E-state index is 13.2. The Kier molecular flexibility index (Phi) is 7.23. The molecule has 0 bridgehead atoms. The Balaban J connectivity index is 2.12. The van der Waals surface area contributed by atoms with Crippen molar-refractivity contribution in [2.75, 3.05) is 16.9 Å². The van der Waals surface area contributed by atoms with Gasteiger partial charge in [-0.25, -0.2) is 9.97 Å². The van der Waals surface area contributed by atoms with Gasteiger partial charge in [0, 0.05) is 24.4 Å². The quantitative estimate of drug-likeness (QED) is 0.342. The van der Waals surface area contributed by atoms with Crippen LogP contribution in [0.1, 0.15) is 55.4 Å². The smallest absolute Gasteiger partial charge is 0.281 e. The van der Waals surface area contributed by atoms with Crippen molar-refractivity contribution in [3.63, 3.8) is 0 Å². The van der Waals surface area contributed by atoms with E-state index in [0.29, 0.717) is 22.5 Å². The van der Waals surface area contributed by atoms with E-state index < -0.39 is 0 Å². The van der Waals surface area contributed by atoms with Crippen molar-refractivity contribution in [3.8, 4) is 0 Å². The SMILES string of the molecule is CSNC(=O)c1nc(Cl)ccc1NC(C)c1cc(C)cc2c(=O)n(C)c(NC(C)(C)C)nc12. The van der Waals surface area contributed by atoms with Gasteiger partial charge in [0.25, 0.3) is 11.5 Å². The molecule has 0 radical (unpaired) electrons. The van der Waals surface area contributed by atoms with E-state index in [9.17, 15) is 9.59 Å². The van der Waals surface area contributed by atoms with Crippen LogP contribution < -0.4 is 20.9 Å². The number of benzene rings is 1. The summed E-state index contributed by atoms with van der Waals surface area (Å²) in [5.41, 5.74) is 2.71. The van der Waals surface area contributed by atoms with Crippen LogP contribution in [0.4, 0.5) is 11.6 Å². The molecule has 3 rings (SSSR count). The fourth-order valence-electron chi connectivity index (χ4n) is 3.51. The number of hydrogen-bond donors (Lipinski definition) is 3. The fourth-order valence-corrected chi connectivity index (χ4v) is 3.94. The molecular weight excluding hydrogens is 460 g/mol. The molecule has 3 aromatic rings. The molecule has 0 aliphatic rings. The predicted molar refractivity (Wildman–Crippen MR) is 137 cm³/mol. The Labute approximate surface area is 202 Å². The highest BCUT2D eigenvalue weighted by atomic mass is 35.5. The second-order valence-electron chi connectivity index (χ2n) is 8.96. The molecule has 33 heavy (non-hydrogen) atoms. The zero-order chi connectivity index (χ0) is 24.5. The van der Waals surface area contributed by atoms with Gasteiger partial charge >= 0.3 is 0 Å². The number of pyridine rings is 1. The maximum Gasteiger partial charge on any atom is 0.281 e. The third-order valence-corrected chi connectivity index (χ3v) is 5.55. The van der Waals surface area contributed by atoms with E-state index in [2.05, 4.69) is 20.3 Å². The number of hydrogen-bond acceptors (Lipinski definition) is 7. The number of amides is 1. The number of anilines is 2. The number of aromatic nitrogens is 3. The fraction of sp³-hybridized carbons (Fsp3) is 0.391. The van der Waals surface area contributed by atoms with Crippen LogP contribution in [-0.4, -0.2) is 32.2 Å². The Morgan fingerprint density at radius 2 is 1.91 bits per heavy atom. The Bertz CT molecular complexity index is 1270. The molecule has 1 amide bonds. The first kappa shape index (κ1) is 24.9. The van der Waals surface area contributed by atoms with Crippen LogP contribution in [-0.2, 0) is 7.05 Å². The van der Waals surface area contributed by atoms with Gasteiger partial charge in [0.2, 0.25) is 5.95 Å². The number of nitrogens with zero attached hydrogens (tertiary/aromatic N) is 3. The van der Waals surface area contributed by atoms with Gasteiger partial charge in [0.05, 0.1) is 22.6 Å². The number of nitrogens with one attached hydrogen (secondary N) is 3. The van der Waals surface area contributed by atoms with E-state index in [1.807, 2.05) is 46.8 Å². The summed E-state index contributed by atoms with van der Waals surface area (Å²) in [6.45, 7) is 9.93. The Hall–Kier alpha value is -2.78. The van der Waals surface area contributed by atoms with Crippen LogP contribution in [0.15, 0.2) is 29.1 Å². The highest BCUT2D eigenvalue weighted by molar-refractivity contribution is 7.97. The zero-order valence-corrected chi connectivity index (χ0v) is 21.4. The second kappa shape index (κ2) is 9.61. The molecular formula is C23H29ClN6O2S. The van der Waals surface area contributed by atoms with Crippen LogP contribution in [0.2, 0.25) is 5.15 Å². The number of fused-ring (bicyclic) bond motifs is 1. The summed E-state index contributed by atoms with van der Waals surface area (Å²) in [5, 5.41) is 7.43. The minimum Gasteiger partial charge on any atom is -0.377 e. The van der Waals surface area contributed by atoms with Crippen LogP contribution in [0.3, 0.4) is 0 Å². The molecule has 0 fully saturated rings. The predicted octanol–water partition coefficient (Wildman–Crippen LogP) is 4.68. The summed E-state index contributed by atoms with van der Waals surface area (Å²) in [5.74, 6) is 0.142. The van der Waals surface area contributed by atoms with Crippen LogP contribution in [0.25, 0.3) is 10.9 Å². The van der Waals surface area contributed by atoms with Gasteiger partial charge in [-0.2, -0.15) is 0 Å². The van der Waals surface area contributed by atoms with Gasteiger partial charge in [0.15, 0.2) is 5.69 Å². The number of carbonyl (C=O) groups is 1. The summed E-state index contributed by atoms with van der Waals surface area (Å²) >= 11 is 7.22. The second-order valence-corrected chi connectivity index (χ2v) is 9.96. The molecule has 2 heterocycles. The molecule has 0 aliphatic carbocycles. The largest absolute Gasteiger partial charge is 0.377 e. The lowest BCUT2D eigenvalue weighted by Crippen LogP contribution is -2.32. The molecule has 176 valence electrons. The average Bonchev–Trinajstić information content (AvgIpc) is 2.72. The summed E-state index contributed by atoms with van der Waals surface area (Å²) < 4.78 is 4.21. The van der Waals surface area contributed by atoms with E-state index in [1.165, 1.54) is 16.5 Å². The van der Waals surface area contributed by atoms with Crippen molar-refractivity contribution in [3.05, 3.63) is 56.6 Å². The molecule has 1 atom stereocenters. The monoisotopic (exact) mass is 488 g/mol. The number of halogens is 1. The third-order valence-electron chi connectivity index (χ3n) is 4.95. The lowest BCUT2D eigenvalue weighted by molar-refractivity contribution is 0.0980. The first-order valence-corrected chi connectivity index (χ1v) is 12.1. The third kappa shape index (κ3) is 5.59. The maximum absolute atomic E-state index is 13.2. The van der Waals surface area contributed by atoms with Gasteiger partial charge in [-0.15, -0.1) is 0 Å². The van der Waals surface area contributed by atoms with Crippen LogP contribution in [0.5, 0.6) is 0 Å². The van der Waals surface area contributed by atoms with Gasteiger partial charge in [-0.05, 0) is 58.4 Å². The van der Waals surface area contributed by atoms with Gasteiger partial charge in [-0.1, -0.05) is 29.6 Å². The van der Waals surface area contributed by atoms with Crippen molar-refractivity contribution in [1.82, 2.24) is 19.3 Å². The molecule has 0 saturated heterocycles. The molecule has 0 aliphatic heterocycles. The van der Waals surface area contributed by atoms with Crippen molar-refractivity contribution in [2.24, 2.45) is 7.05 Å². The zero-order valence-electron chi connectivity index (χ0n) is 19.8. The number of rotatable bonds is 6. The Morgan fingerprint density at radius 3 is 2.55 bits per heavy atom. The van der Waals surface area contributed by atoms with E-state index in [0.717, 1.165) is 11.1 Å². The molecule has 1 unspecified atom stereocenters. The van der Waals surface area contributed by atoms with Crippen molar-refractivity contribution < 1.29 is 4.79 Å². The van der Waals surface area contributed by atoms with E-state index in [-0.39, 0.29) is 33.9 Å². The number of carbonyl (C=O) groups excluding carboxylic acids is 1. The first-order valence-electron chi connectivity index (χ1n) is 10.5. The van der Waals surface area contributed by atoms with E-state index >= 15 is 0 Å². The van der Waals surface area contributed by atoms with Gasteiger partial charge in [0.1, 0.15) is 5.15 Å². The molecule has 0 spiro atoms. The van der Waals surface area contributed by atoms with Crippen LogP contribution in [0, 0.1) is 6.92 Å². The first-order chi connectivity index (χ1) is 15.4. The van der Waals surface area contributed by atoms with Crippen LogP contribution >= 0.6 is 23.5 Å². The average molecular weight is 489 g/mol. The molecule has 0 saturated carbocycles. The van der Waals surface area contributed by atoms with Crippen molar-refractivity contribution >= 4 is 52.0 Å². The van der Waals surface area contributed by atoms with Crippen molar-refractivity contribution in [2.45, 2.75) is 46.2 Å². The summed E-state index contributed by atoms with van der Waals surface area (Å²) in [7, 11) is 1.71. The highest BCUT2D eigenvalue weighted by Gasteiger charge is 2.21. The molecule has 3 N–H and O–H groups in total. The van der Waals surface area contributed by atoms with Gasteiger partial charge < -0.3 is 10.6 Å². The molecule has 1 aromatic carbocycles. The topological polar surface area (TPSA) is 101 Å². The minimum absolute atomic E-state index is 0.128. The highest BCUT2D eigenvalue weighted by Crippen LogP contribution is 2.29. The number of aryl methyl sites for hydroxylation is 1.